The topological polar surface area (TPSA) is 180 Å². The Morgan fingerprint density at radius 3 is 2.37 bits per heavy atom. The van der Waals surface area contributed by atoms with Crippen molar-refractivity contribution in [3.05, 3.63) is 70.9 Å². The van der Waals surface area contributed by atoms with Crippen LogP contribution in [0.15, 0.2) is 48.6 Å². The number of fused-ring (bicyclic) bond motifs is 6. The standard InChI is InChI=1S/C44H57N5O7.C4H9NO/c1-7-40(53)22-26-23-43(39(52)56-6,34-28(14-18-48(24-26)25-40)27-12-9-10-13-31(27)46-34)30-20-29-32(21-33(30)55-5)47(4)36-42(29)16-19-49-17-11-15-41(8-2,35(42)49)37(50)44(36,54)38(51)45-3;1-3-4(6)5-2/h9-13,15,20-21,26,35-37,46,50,53-54H,7-8,14,16-19,22-25H2,1-6H3,(H,45,51);3H2,1-2H3,(H,5,6)/t26?,35-,36?,37+,40-,41+,42?,43-,44?;/m0./s1. The number of amides is 2. The molecule has 0 radical (unpaired) electrons. The van der Waals surface area contributed by atoms with Crippen LogP contribution in [0.2, 0.25) is 0 Å². The minimum Gasteiger partial charge on any atom is -0.496 e. The Hall–Kier alpha value is -4.47. The van der Waals surface area contributed by atoms with E-state index in [0.717, 1.165) is 46.5 Å². The Bertz CT molecular complexity index is 2270. The summed E-state index contributed by atoms with van der Waals surface area (Å²) in [6.45, 7) is 9.31. The van der Waals surface area contributed by atoms with Gasteiger partial charge in [-0.3, -0.25) is 24.2 Å². The van der Waals surface area contributed by atoms with Gasteiger partial charge in [-0.15, -0.1) is 0 Å². The Morgan fingerprint density at radius 2 is 1.73 bits per heavy atom. The van der Waals surface area contributed by atoms with Gasteiger partial charge in [0.25, 0.3) is 5.91 Å². The zero-order chi connectivity index (χ0) is 44.6. The lowest BCUT2D eigenvalue weighted by Crippen LogP contribution is -2.81. The number of aromatic nitrogens is 1. The first-order chi connectivity index (χ1) is 29.6. The number of aliphatic hydroxyl groups is 3. The number of ether oxygens (including phenoxy) is 2. The van der Waals surface area contributed by atoms with Crippen LogP contribution < -0.4 is 20.3 Å². The number of anilines is 1. The van der Waals surface area contributed by atoms with Crippen LogP contribution in [-0.4, -0.2) is 145 Å². The number of aromatic amines is 1. The van der Waals surface area contributed by atoms with Gasteiger partial charge in [0.05, 0.1) is 25.9 Å². The highest BCUT2D eigenvalue weighted by atomic mass is 16.5. The third kappa shape index (κ3) is 6.03. The van der Waals surface area contributed by atoms with E-state index in [9.17, 15) is 24.9 Å². The first kappa shape index (κ1) is 44.1. The van der Waals surface area contributed by atoms with Crippen molar-refractivity contribution in [3.63, 3.8) is 0 Å². The smallest absolute Gasteiger partial charge is 0.322 e. The number of nitrogens with zero attached hydrogens (tertiary/aromatic N) is 3. The molecule has 1 spiro atoms. The van der Waals surface area contributed by atoms with Crippen LogP contribution in [0, 0.1) is 11.3 Å². The molecule has 2 amide bonds. The number of rotatable bonds is 7. The lowest BCUT2D eigenvalue weighted by atomic mass is 9.47. The van der Waals surface area contributed by atoms with Crippen molar-refractivity contribution in [2.45, 2.75) is 106 Å². The third-order valence-corrected chi connectivity index (χ3v) is 16.0. The predicted molar refractivity (Wildman–Crippen MR) is 237 cm³/mol. The summed E-state index contributed by atoms with van der Waals surface area (Å²) in [5, 5.41) is 43.6. The summed E-state index contributed by atoms with van der Waals surface area (Å²) in [4.78, 5) is 50.0. The molecule has 6 N–H and O–H groups in total. The van der Waals surface area contributed by atoms with Gasteiger partial charge in [-0.1, -0.05) is 51.1 Å². The van der Waals surface area contributed by atoms with Crippen molar-refractivity contribution >= 4 is 34.4 Å². The van der Waals surface area contributed by atoms with Gasteiger partial charge < -0.3 is 45.3 Å². The van der Waals surface area contributed by atoms with Crippen LogP contribution in [0.1, 0.15) is 81.7 Å². The Labute approximate surface area is 365 Å². The number of hydrogen-bond donors (Lipinski definition) is 6. The molecule has 62 heavy (non-hydrogen) atoms. The van der Waals surface area contributed by atoms with Crippen LogP contribution in [0.3, 0.4) is 0 Å². The number of hydrogen-bond acceptors (Lipinski definition) is 11. The van der Waals surface area contributed by atoms with Gasteiger partial charge in [0.15, 0.2) is 5.60 Å². The van der Waals surface area contributed by atoms with Gasteiger partial charge in [0.2, 0.25) is 5.91 Å². The number of carbonyl (C=O) groups excluding carboxylic acids is 3. The molecule has 10 atom stereocenters. The first-order valence-corrected chi connectivity index (χ1v) is 22.5. The second kappa shape index (κ2) is 16.0. The summed E-state index contributed by atoms with van der Waals surface area (Å²) in [6.07, 6.45) is 6.59. The third-order valence-electron chi connectivity index (χ3n) is 16.0. The number of likely N-dealkylation sites (N-methyl/N-ethyl adjacent to an activating group) is 2. The molecule has 336 valence electrons. The number of para-hydroxylation sites is 1. The van der Waals surface area contributed by atoms with Crippen LogP contribution in [0.5, 0.6) is 5.75 Å². The van der Waals surface area contributed by atoms with Gasteiger partial charge in [0.1, 0.15) is 17.3 Å². The highest BCUT2D eigenvalue weighted by Crippen LogP contribution is 2.67. The van der Waals surface area contributed by atoms with E-state index in [1.807, 2.05) is 63.1 Å². The van der Waals surface area contributed by atoms with Crippen LogP contribution >= 0.6 is 0 Å². The maximum atomic E-state index is 15.2. The van der Waals surface area contributed by atoms with Crippen molar-refractivity contribution in [1.29, 1.82) is 0 Å². The fourth-order valence-corrected chi connectivity index (χ4v) is 13.4. The normalized spacial score (nSPS) is 35.5. The maximum Gasteiger partial charge on any atom is 0.322 e. The van der Waals surface area contributed by atoms with Crippen molar-refractivity contribution < 1.29 is 39.2 Å². The molecule has 2 saturated heterocycles. The molecule has 2 aromatic carbocycles. The summed E-state index contributed by atoms with van der Waals surface area (Å²) in [7, 11) is 8.10. The summed E-state index contributed by atoms with van der Waals surface area (Å²) in [5.41, 5.74) is -1.12. The fraction of sp³-hybridized carbons (Fsp3) is 0.604. The van der Waals surface area contributed by atoms with E-state index in [4.69, 9.17) is 9.47 Å². The lowest BCUT2D eigenvalue weighted by Gasteiger charge is -2.63. The molecule has 5 aliphatic heterocycles. The molecular weight excluding hydrogens is 789 g/mol. The molecule has 1 saturated carbocycles. The van der Waals surface area contributed by atoms with Gasteiger partial charge in [0, 0.05) is 105 Å². The van der Waals surface area contributed by atoms with Crippen LogP contribution in [0.4, 0.5) is 5.69 Å². The molecule has 6 aliphatic rings. The zero-order valence-corrected chi connectivity index (χ0v) is 37.6. The van der Waals surface area contributed by atoms with Crippen LogP contribution in [-0.2, 0) is 36.4 Å². The number of carbonyl (C=O) groups is 3. The Kier molecular flexibility index (Phi) is 11.4. The molecule has 14 heteroatoms. The largest absolute Gasteiger partial charge is 0.496 e. The molecule has 3 aromatic rings. The van der Waals surface area contributed by atoms with Crippen molar-refractivity contribution in [2.24, 2.45) is 11.3 Å². The summed E-state index contributed by atoms with van der Waals surface area (Å²) in [6, 6.07) is 11.2. The molecule has 9 rings (SSSR count). The number of H-pyrrole nitrogens is 1. The van der Waals surface area contributed by atoms with E-state index in [0.29, 0.717) is 75.9 Å². The fourth-order valence-electron chi connectivity index (χ4n) is 13.4. The minimum atomic E-state index is -2.18. The van der Waals surface area contributed by atoms with E-state index >= 15 is 4.79 Å². The Balaban J connectivity index is 0.000000825. The highest BCUT2D eigenvalue weighted by Gasteiger charge is 2.78. The van der Waals surface area contributed by atoms with Crippen LogP contribution in [0.25, 0.3) is 10.9 Å². The molecule has 6 heterocycles. The van der Waals surface area contributed by atoms with E-state index < -0.39 is 51.5 Å². The van der Waals surface area contributed by atoms with E-state index in [2.05, 4.69) is 43.6 Å². The number of nitrogens with one attached hydrogen (secondary N) is 3. The van der Waals surface area contributed by atoms with Crippen molar-refractivity contribution in [3.8, 4) is 5.75 Å². The second-order valence-electron chi connectivity index (χ2n) is 18.7. The number of esters is 1. The Morgan fingerprint density at radius 1 is 0.968 bits per heavy atom. The average Bonchev–Trinajstić information content (AvgIpc) is 3.95. The number of methoxy groups -OCH3 is 2. The number of benzene rings is 2. The number of aliphatic hydroxyl groups excluding tert-OH is 1. The minimum absolute atomic E-state index is 0.0712. The SMILES string of the molecule is CCC(=O)NC.CC[C@]1(O)CC2CN(CCc3c([nH]c4ccccc34)[C@@](C(=O)OC)(c3cc4c(cc3OC)N(C)C3C(O)(C(=O)NC)[C@H](O)[C@]5(CC)C=CCN6CCC43[C@@H]65)C2)C1. The van der Waals surface area contributed by atoms with E-state index in [1.165, 1.54) is 14.2 Å². The number of piperidine rings is 1. The van der Waals surface area contributed by atoms with Gasteiger partial charge in [-0.25, -0.2) is 0 Å². The zero-order valence-electron chi connectivity index (χ0n) is 37.6. The van der Waals surface area contributed by atoms with Gasteiger partial charge in [-0.2, -0.15) is 0 Å². The average molecular weight is 855 g/mol. The van der Waals surface area contributed by atoms with Crippen molar-refractivity contribution in [1.82, 2.24) is 25.4 Å². The molecule has 3 fully saturated rings. The molecule has 1 aliphatic carbocycles. The van der Waals surface area contributed by atoms with E-state index in [-0.39, 0.29) is 17.9 Å². The highest BCUT2D eigenvalue weighted by molar-refractivity contribution is 5.95. The van der Waals surface area contributed by atoms with Gasteiger partial charge in [-0.05, 0) is 74.2 Å². The molecular formula is C48H66N6O8. The summed E-state index contributed by atoms with van der Waals surface area (Å²) in [5.74, 6) is -0.531. The maximum absolute atomic E-state index is 15.2. The molecule has 14 nitrogen and oxygen atoms in total. The molecule has 1 aromatic heterocycles. The van der Waals surface area contributed by atoms with E-state index in [1.54, 1.807) is 14.2 Å². The van der Waals surface area contributed by atoms with Crippen molar-refractivity contribution in [2.75, 3.05) is 73.0 Å². The monoisotopic (exact) mass is 854 g/mol. The predicted octanol–water partition coefficient (Wildman–Crippen LogP) is 3.14. The lowest BCUT2D eigenvalue weighted by molar-refractivity contribution is -0.203. The summed E-state index contributed by atoms with van der Waals surface area (Å²) < 4.78 is 12.3. The first-order valence-electron chi connectivity index (χ1n) is 22.5. The quantitative estimate of drug-likeness (QED) is 0.152. The summed E-state index contributed by atoms with van der Waals surface area (Å²) >= 11 is 0. The second-order valence-corrected chi connectivity index (χ2v) is 18.7. The van der Waals surface area contributed by atoms with Gasteiger partial charge >= 0.3 is 5.97 Å². The molecule has 5 unspecified atom stereocenters. The molecule has 2 bridgehead atoms.